The molecule has 0 saturated carbocycles. The fourth-order valence-electron chi connectivity index (χ4n) is 3.16. The summed E-state index contributed by atoms with van der Waals surface area (Å²) in [6.07, 6.45) is 1.61. The van der Waals surface area contributed by atoms with E-state index in [1.165, 1.54) is 18.8 Å². The number of ether oxygens (including phenoxy) is 2. The van der Waals surface area contributed by atoms with Crippen LogP contribution < -0.4 is 20.3 Å². The van der Waals surface area contributed by atoms with Gasteiger partial charge in [-0.3, -0.25) is 18.6 Å². The average molecular weight is 394 g/mol. The second-order valence-corrected chi connectivity index (χ2v) is 6.26. The summed E-state index contributed by atoms with van der Waals surface area (Å²) in [7, 11) is 3.03. The first-order valence-corrected chi connectivity index (χ1v) is 8.74. The van der Waals surface area contributed by atoms with Gasteiger partial charge in [0.15, 0.2) is 5.65 Å². The highest BCUT2D eigenvalue weighted by atomic mass is 16.5. The van der Waals surface area contributed by atoms with E-state index in [0.717, 1.165) is 0 Å². The third-order valence-electron chi connectivity index (χ3n) is 4.51. The summed E-state index contributed by atoms with van der Waals surface area (Å²) < 4.78 is 13.4. The molecular weight excluding hydrogens is 376 g/mol. The lowest BCUT2D eigenvalue weighted by molar-refractivity contribution is -0.116. The number of aromatic nitrogens is 5. The lowest BCUT2D eigenvalue weighted by Crippen LogP contribution is -2.30. The first-order chi connectivity index (χ1) is 14.0. The fraction of sp³-hybridized carbons (Fsp3) is 0.211. The Morgan fingerprint density at radius 1 is 1.14 bits per heavy atom. The van der Waals surface area contributed by atoms with Crippen molar-refractivity contribution in [3.05, 3.63) is 52.7 Å². The van der Waals surface area contributed by atoms with Crippen molar-refractivity contribution >= 4 is 28.4 Å². The van der Waals surface area contributed by atoms with E-state index in [4.69, 9.17) is 9.47 Å². The number of aryl methyl sites for hydroxylation is 1. The van der Waals surface area contributed by atoms with Gasteiger partial charge in [0.1, 0.15) is 23.9 Å². The number of nitrogens with zero attached hydrogens (tertiary/aromatic N) is 5. The van der Waals surface area contributed by atoms with E-state index in [0.29, 0.717) is 34.2 Å². The summed E-state index contributed by atoms with van der Waals surface area (Å²) in [6, 6.07) is 8.48. The van der Waals surface area contributed by atoms with Crippen LogP contribution in [0.5, 0.6) is 11.5 Å². The molecule has 29 heavy (non-hydrogen) atoms. The van der Waals surface area contributed by atoms with Gasteiger partial charge in [-0.25, -0.2) is 4.98 Å². The molecule has 1 aromatic carbocycles. The highest BCUT2D eigenvalue weighted by Gasteiger charge is 2.18. The van der Waals surface area contributed by atoms with E-state index in [1.54, 1.807) is 47.9 Å². The van der Waals surface area contributed by atoms with E-state index in [9.17, 15) is 9.59 Å². The number of pyridine rings is 1. The molecule has 0 bridgehead atoms. The zero-order valence-corrected chi connectivity index (χ0v) is 16.0. The van der Waals surface area contributed by atoms with Gasteiger partial charge in [0.05, 0.1) is 25.4 Å². The number of fused-ring (bicyclic) bond motifs is 3. The van der Waals surface area contributed by atoms with Gasteiger partial charge >= 0.3 is 0 Å². The van der Waals surface area contributed by atoms with Crippen LogP contribution in [0.2, 0.25) is 0 Å². The van der Waals surface area contributed by atoms with Crippen LogP contribution in [-0.4, -0.2) is 44.3 Å². The van der Waals surface area contributed by atoms with Crippen molar-refractivity contribution in [2.24, 2.45) is 0 Å². The molecule has 1 amide bonds. The van der Waals surface area contributed by atoms with Crippen LogP contribution in [-0.2, 0) is 11.3 Å². The topological polar surface area (TPSA) is 113 Å². The average Bonchev–Trinajstić information content (AvgIpc) is 3.13. The van der Waals surface area contributed by atoms with Crippen LogP contribution in [0, 0.1) is 6.92 Å². The lowest BCUT2D eigenvalue weighted by atomic mass is 10.2. The zero-order chi connectivity index (χ0) is 20.5. The Hall–Kier alpha value is -3.95. The Bertz CT molecular complexity index is 1290. The molecule has 0 aliphatic carbocycles. The maximum atomic E-state index is 13.0. The number of carbonyl (C=O) groups excluding carboxylic acids is 1. The molecule has 3 heterocycles. The first kappa shape index (κ1) is 18.4. The Morgan fingerprint density at radius 2 is 1.97 bits per heavy atom. The predicted octanol–water partition coefficient (Wildman–Crippen LogP) is 1.40. The molecule has 0 saturated heterocycles. The van der Waals surface area contributed by atoms with Gasteiger partial charge in [-0.05, 0) is 31.2 Å². The van der Waals surface area contributed by atoms with E-state index in [2.05, 4.69) is 20.5 Å². The molecule has 0 aliphatic heterocycles. The summed E-state index contributed by atoms with van der Waals surface area (Å²) in [4.78, 5) is 30.1. The Kier molecular flexibility index (Phi) is 4.59. The third-order valence-corrected chi connectivity index (χ3v) is 4.51. The lowest BCUT2D eigenvalue weighted by Gasteiger charge is -2.14. The minimum atomic E-state index is -0.432. The van der Waals surface area contributed by atoms with Gasteiger partial charge in [0.2, 0.25) is 11.6 Å². The maximum absolute atomic E-state index is 13.0. The number of hydrogen-bond donors (Lipinski definition) is 1. The van der Waals surface area contributed by atoms with Crippen LogP contribution in [0.3, 0.4) is 0 Å². The summed E-state index contributed by atoms with van der Waals surface area (Å²) >= 11 is 0. The zero-order valence-electron chi connectivity index (χ0n) is 16.0. The van der Waals surface area contributed by atoms with Crippen LogP contribution in [0.15, 0.2) is 41.3 Å². The standard InChI is InChI=1S/C19H18N6O4/c1-11-22-23-18-19(27)24(14-5-4-8-20-17(14)25(11)18)10-16(26)21-13-9-12(28-2)6-7-15(13)29-3/h4-9H,10H2,1-3H3,(H,21,26). The number of rotatable bonds is 5. The smallest absolute Gasteiger partial charge is 0.297 e. The van der Waals surface area contributed by atoms with Crippen molar-refractivity contribution in [2.45, 2.75) is 13.5 Å². The summed E-state index contributed by atoms with van der Waals surface area (Å²) in [5, 5.41) is 10.7. The maximum Gasteiger partial charge on any atom is 0.297 e. The molecule has 148 valence electrons. The van der Waals surface area contributed by atoms with Crippen LogP contribution in [0.25, 0.3) is 16.8 Å². The molecule has 1 N–H and O–H groups in total. The van der Waals surface area contributed by atoms with Gasteiger partial charge in [0, 0.05) is 12.3 Å². The van der Waals surface area contributed by atoms with Gasteiger partial charge in [-0.1, -0.05) is 0 Å². The fourth-order valence-corrected chi connectivity index (χ4v) is 3.16. The van der Waals surface area contributed by atoms with Crippen molar-refractivity contribution < 1.29 is 14.3 Å². The number of benzene rings is 1. The molecule has 4 aromatic rings. The van der Waals surface area contributed by atoms with Gasteiger partial charge in [-0.2, -0.15) is 0 Å². The molecule has 0 spiro atoms. The van der Waals surface area contributed by atoms with E-state index in [1.807, 2.05) is 0 Å². The molecule has 0 fully saturated rings. The number of carbonyl (C=O) groups is 1. The van der Waals surface area contributed by atoms with E-state index >= 15 is 0 Å². The van der Waals surface area contributed by atoms with Crippen molar-refractivity contribution in [3.63, 3.8) is 0 Å². The number of hydrogen-bond acceptors (Lipinski definition) is 7. The number of nitrogens with one attached hydrogen (secondary N) is 1. The minimum Gasteiger partial charge on any atom is -0.497 e. The second kappa shape index (κ2) is 7.23. The Morgan fingerprint density at radius 3 is 2.72 bits per heavy atom. The Labute approximate surface area is 164 Å². The molecule has 10 heteroatoms. The highest BCUT2D eigenvalue weighted by molar-refractivity contribution is 5.93. The van der Waals surface area contributed by atoms with Crippen LogP contribution in [0.4, 0.5) is 5.69 Å². The number of anilines is 1. The molecule has 3 aromatic heterocycles. The first-order valence-electron chi connectivity index (χ1n) is 8.74. The third kappa shape index (κ3) is 3.14. The van der Waals surface area contributed by atoms with Gasteiger partial charge < -0.3 is 14.8 Å². The molecular formula is C19H18N6O4. The van der Waals surface area contributed by atoms with Crippen molar-refractivity contribution in [2.75, 3.05) is 19.5 Å². The quantitative estimate of drug-likeness (QED) is 0.544. The van der Waals surface area contributed by atoms with Crippen molar-refractivity contribution in [1.82, 2.24) is 24.1 Å². The molecule has 0 aliphatic rings. The molecule has 0 unspecified atom stereocenters. The molecule has 4 rings (SSSR count). The normalized spacial score (nSPS) is 11.0. The molecule has 0 radical (unpaired) electrons. The second-order valence-electron chi connectivity index (χ2n) is 6.26. The van der Waals surface area contributed by atoms with Gasteiger partial charge in [0.25, 0.3) is 5.56 Å². The number of amides is 1. The highest BCUT2D eigenvalue weighted by Crippen LogP contribution is 2.28. The van der Waals surface area contributed by atoms with Gasteiger partial charge in [-0.15, -0.1) is 10.2 Å². The van der Waals surface area contributed by atoms with Crippen molar-refractivity contribution in [1.29, 1.82) is 0 Å². The number of methoxy groups -OCH3 is 2. The molecule has 10 nitrogen and oxygen atoms in total. The minimum absolute atomic E-state index is 0.112. The van der Waals surface area contributed by atoms with Crippen LogP contribution >= 0.6 is 0 Å². The van der Waals surface area contributed by atoms with Crippen LogP contribution in [0.1, 0.15) is 5.82 Å². The van der Waals surface area contributed by atoms with E-state index < -0.39 is 11.5 Å². The summed E-state index contributed by atoms with van der Waals surface area (Å²) in [5.74, 6) is 1.16. The summed E-state index contributed by atoms with van der Waals surface area (Å²) in [5.41, 5.74) is 1.11. The summed E-state index contributed by atoms with van der Waals surface area (Å²) in [6.45, 7) is 1.50. The SMILES string of the molecule is COc1ccc(OC)c(NC(=O)Cn2c(=O)c3nnc(C)n3c3ncccc32)c1. The largest absolute Gasteiger partial charge is 0.497 e. The monoisotopic (exact) mass is 394 g/mol. The Balaban J connectivity index is 1.76. The van der Waals surface area contributed by atoms with E-state index in [-0.39, 0.29) is 12.2 Å². The molecule has 0 atom stereocenters. The predicted molar refractivity (Wildman–Crippen MR) is 105 cm³/mol. The van der Waals surface area contributed by atoms with Crippen molar-refractivity contribution in [3.8, 4) is 11.5 Å².